The first-order chi connectivity index (χ1) is 12.5. The van der Waals surface area contributed by atoms with E-state index in [1.807, 2.05) is 20.8 Å². The number of ketones is 1. The minimum absolute atomic E-state index is 0.0545. The minimum atomic E-state index is -0.385. The predicted octanol–water partition coefficient (Wildman–Crippen LogP) is 5.43. The van der Waals surface area contributed by atoms with Crippen LogP contribution in [0.25, 0.3) is 0 Å². The number of hydrogen-bond donors (Lipinski definition) is 3. The van der Waals surface area contributed by atoms with E-state index in [1.165, 1.54) is 45.4 Å². The van der Waals surface area contributed by atoms with E-state index < -0.39 is 0 Å². The standard InChI is InChI=1S/C9H16O2.2C7H16O/c1-6(8(3)10)5-7(2)9(4)11;2*1-3-4-5-6-7(2)8/h5-6,8,10H,1-4H3;2*7-8H,3-6H2,1-2H3/b7-5-;;. The van der Waals surface area contributed by atoms with Gasteiger partial charge in [0.05, 0.1) is 18.3 Å². The first-order valence-corrected chi connectivity index (χ1v) is 10.7. The molecule has 0 bridgehead atoms. The SMILES string of the molecule is CC(=O)/C(C)=C\C(C)C(C)O.CCCCCC(C)O.CCCCCC(C)O. The summed E-state index contributed by atoms with van der Waals surface area (Å²) in [6.45, 7) is 14.9. The highest BCUT2D eigenvalue weighted by Crippen LogP contribution is 2.07. The second kappa shape index (κ2) is 21.6. The van der Waals surface area contributed by atoms with E-state index >= 15 is 0 Å². The molecule has 4 atom stereocenters. The van der Waals surface area contributed by atoms with Crippen LogP contribution >= 0.6 is 0 Å². The van der Waals surface area contributed by atoms with Gasteiger partial charge < -0.3 is 15.3 Å². The second-order valence-electron chi connectivity index (χ2n) is 7.70. The number of rotatable bonds is 11. The summed E-state index contributed by atoms with van der Waals surface area (Å²) in [6, 6.07) is 0. The van der Waals surface area contributed by atoms with Crippen molar-refractivity contribution in [3.05, 3.63) is 11.6 Å². The van der Waals surface area contributed by atoms with Crippen LogP contribution in [-0.2, 0) is 4.79 Å². The van der Waals surface area contributed by atoms with Crippen molar-refractivity contribution >= 4 is 5.78 Å². The average Bonchev–Trinajstić information content (AvgIpc) is 2.55. The van der Waals surface area contributed by atoms with Crippen molar-refractivity contribution in [2.75, 3.05) is 0 Å². The molecule has 0 radical (unpaired) electrons. The third-order valence-electron chi connectivity index (χ3n) is 4.28. The largest absolute Gasteiger partial charge is 0.393 e. The zero-order valence-corrected chi connectivity index (χ0v) is 19.3. The fraction of sp³-hybridized carbons (Fsp3) is 0.870. The van der Waals surface area contributed by atoms with Gasteiger partial charge in [-0.1, -0.05) is 65.4 Å². The maximum atomic E-state index is 10.8. The Morgan fingerprint density at radius 1 is 0.778 bits per heavy atom. The summed E-state index contributed by atoms with van der Waals surface area (Å²) in [5.74, 6) is 0.122. The van der Waals surface area contributed by atoms with E-state index in [4.69, 9.17) is 15.3 Å². The Labute approximate surface area is 169 Å². The Hall–Kier alpha value is -0.710. The summed E-state index contributed by atoms with van der Waals surface area (Å²) in [4.78, 5) is 10.8. The van der Waals surface area contributed by atoms with Gasteiger partial charge in [-0.2, -0.15) is 0 Å². The molecule has 4 heteroatoms. The van der Waals surface area contributed by atoms with Crippen LogP contribution in [0.1, 0.15) is 107 Å². The molecular formula is C23H48O4. The molecule has 4 nitrogen and oxygen atoms in total. The van der Waals surface area contributed by atoms with Gasteiger partial charge in [-0.25, -0.2) is 0 Å². The van der Waals surface area contributed by atoms with Crippen molar-refractivity contribution in [2.24, 2.45) is 5.92 Å². The molecule has 0 amide bonds. The maximum absolute atomic E-state index is 10.8. The molecule has 0 spiro atoms. The van der Waals surface area contributed by atoms with Gasteiger partial charge >= 0.3 is 0 Å². The fourth-order valence-electron chi connectivity index (χ4n) is 2.03. The molecule has 0 fully saturated rings. The van der Waals surface area contributed by atoms with E-state index in [2.05, 4.69) is 13.8 Å². The lowest BCUT2D eigenvalue weighted by atomic mass is 10.0. The molecule has 0 aromatic heterocycles. The molecule has 164 valence electrons. The van der Waals surface area contributed by atoms with Crippen LogP contribution in [-0.4, -0.2) is 39.4 Å². The zero-order chi connectivity index (χ0) is 21.8. The molecule has 0 aliphatic rings. The number of allylic oxidation sites excluding steroid dienone is 1. The highest BCUT2D eigenvalue weighted by molar-refractivity contribution is 5.92. The first kappa shape index (κ1) is 31.0. The second-order valence-corrected chi connectivity index (χ2v) is 7.70. The summed E-state index contributed by atoms with van der Waals surface area (Å²) < 4.78 is 0. The summed E-state index contributed by atoms with van der Waals surface area (Å²) in [6.07, 6.45) is 10.5. The molecule has 0 aliphatic carbocycles. The first-order valence-electron chi connectivity index (χ1n) is 10.7. The Morgan fingerprint density at radius 3 is 1.37 bits per heavy atom. The van der Waals surface area contributed by atoms with Crippen molar-refractivity contribution in [1.29, 1.82) is 0 Å². The maximum Gasteiger partial charge on any atom is 0.155 e. The third-order valence-corrected chi connectivity index (χ3v) is 4.28. The lowest BCUT2D eigenvalue weighted by Gasteiger charge is -2.09. The van der Waals surface area contributed by atoms with Crippen molar-refractivity contribution in [1.82, 2.24) is 0 Å². The van der Waals surface area contributed by atoms with Gasteiger partial charge in [0.1, 0.15) is 0 Å². The Balaban J connectivity index is -0.000000327. The van der Waals surface area contributed by atoms with Gasteiger partial charge in [0, 0.05) is 5.92 Å². The Kier molecular flexibility index (Phi) is 24.8. The molecule has 3 N–H and O–H groups in total. The van der Waals surface area contributed by atoms with Crippen LogP contribution in [0.5, 0.6) is 0 Å². The molecule has 0 rings (SSSR count). The number of aliphatic hydroxyl groups is 3. The monoisotopic (exact) mass is 388 g/mol. The van der Waals surface area contributed by atoms with Crippen LogP contribution in [0.2, 0.25) is 0 Å². The van der Waals surface area contributed by atoms with Crippen LogP contribution in [0.3, 0.4) is 0 Å². The number of hydrogen-bond acceptors (Lipinski definition) is 4. The molecule has 0 saturated heterocycles. The van der Waals surface area contributed by atoms with Crippen LogP contribution in [0, 0.1) is 5.92 Å². The molecule has 0 aliphatic heterocycles. The third kappa shape index (κ3) is 30.3. The summed E-state index contributed by atoms with van der Waals surface area (Å²) in [5.41, 5.74) is 0.721. The molecule has 0 aromatic rings. The van der Waals surface area contributed by atoms with Crippen molar-refractivity contribution in [3.8, 4) is 0 Å². The van der Waals surface area contributed by atoms with Crippen molar-refractivity contribution < 1.29 is 20.1 Å². The zero-order valence-electron chi connectivity index (χ0n) is 19.3. The minimum Gasteiger partial charge on any atom is -0.393 e. The van der Waals surface area contributed by atoms with Crippen LogP contribution in [0.15, 0.2) is 11.6 Å². The molecule has 0 heterocycles. The number of unbranched alkanes of at least 4 members (excludes halogenated alkanes) is 4. The smallest absolute Gasteiger partial charge is 0.155 e. The van der Waals surface area contributed by atoms with Crippen molar-refractivity contribution in [2.45, 2.75) is 125 Å². The van der Waals surface area contributed by atoms with E-state index in [0.717, 1.165) is 18.4 Å². The lowest BCUT2D eigenvalue weighted by molar-refractivity contribution is -0.113. The molecule has 4 unspecified atom stereocenters. The number of Topliss-reactive ketones (excluding diaryl/α,β-unsaturated/α-hetero) is 1. The van der Waals surface area contributed by atoms with Gasteiger partial charge in [0.25, 0.3) is 0 Å². The summed E-state index contributed by atoms with van der Waals surface area (Å²) in [7, 11) is 0. The quantitative estimate of drug-likeness (QED) is 0.325. The Bertz CT molecular complexity index is 332. The average molecular weight is 389 g/mol. The molecular weight excluding hydrogens is 340 g/mol. The number of carbonyl (C=O) groups is 1. The predicted molar refractivity (Wildman–Crippen MR) is 117 cm³/mol. The summed E-state index contributed by atoms with van der Waals surface area (Å²) >= 11 is 0. The van der Waals surface area contributed by atoms with Gasteiger partial charge in [-0.3, -0.25) is 4.79 Å². The van der Waals surface area contributed by atoms with Crippen LogP contribution < -0.4 is 0 Å². The number of aliphatic hydroxyl groups excluding tert-OH is 3. The summed E-state index contributed by atoms with van der Waals surface area (Å²) in [5, 5.41) is 26.7. The van der Waals surface area contributed by atoms with Gasteiger partial charge in [-0.15, -0.1) is 0 Å². The normalized spacial score (nSPS) is 15.4. The van der Waals surface area contributed by atoms with Gasteiger partial charge in [0.15, 0.2) is 5.78 Å². The molecule has 27 heavy (non-hydrogen) atoms. The molecule has 0 saturated carbocycles. The van der Waals surface area contributed by atoms with E-state index in [9.17, 15) is 4.79 Å². The van der Waals surface area contributed by atoms with E-state index in [0.29, 0.717) is 0 Å². The van der Waals surface area contributed by atoms with Gasteiger partial charge in [0.2, 0.25) is 0 Å². The van der Waals surface area contributed by atoms with Crippen LogP contribution in [0.4, 0.5) is 0 Å². The number of carbonyl (C=O) groups excluding carboxylic acids is 1. The Morgan fingerprint density at radius 2 is 1.15 bits per heavy atom. The van der Waals surface area contributed by atoms with Gasteiger partial charge in [-0.05, 0) is 53.0 Å². The highest BCUT2D eigenvalue weighted by Gasteiger charge is 2.06. The molecule has 0 aromatic carbocycles. The van der Waals surface area contributed by atoms with E-state index in [-0.39, 0.29) is 30.0 Å². The lowest BCUT2D eigenvalue weighted by Crippen LogP contribution is -2.11. The fourth-order valence-corrected chi connectivity index (χ4v) is 2.03. The van der Waals surface area contributed by atoms with E-state index in [1.54, 1.807) is 19.9 Å². The highest BCUT2D eigenvalue weighted by atomic mass is 16.3. The van der Waals surface area contributed by atoms with Crippen molar-refractivity contribution in [3.63, 3.8) is 0 Å². The topological polar surface area (TPSA) is 77.8 Å².